The second-order valence-corrected chi connectivity index (χ2v) is 6.44. The molecule has 0 aliphatic carbocycles. The quantitative estimate of drug-likeness (QED) is 0.669. The summed E-state index contributed by atoms with van der Waals surface area (Å²) in [5, 5.41) is 0.985. The van der Waals surface area contributed by atoms with Crippen LogP contribution in [0.3, 0.4) is 0 Å². The molecule has 2 heteroatoms. The second-order valence-electron chi connectivity index (χ2n) is 5.88. The molecule has 0 radical (unpaired) electrons. The average Bonchev–Trinajstić information content (AvgIpc) is 2.96. The maximum absolute atomic E-state index is 5.87. The summed E-state index contributed by atoms with van der Waals surface area (Å²) in [6.45, 7) is 3.09. The van der Waals surface area contributed by atoms with Crippen LogP contribution in [0.1, 0.15) is 36.8 Å². The zero-order chi connectivity index (χ0) is 14.7. The molecule has 0 saturated carbocycles. The molecule has 110 valence electrons. The molecule has 0 fully saturated rings. The number of hydrogen-bond donors (Lipinski definition) is 0. The summed E-state index contributed by atoms with van der Waals surface area (Å²) in [4.78, 5) is 0. The van der Waals surface area contributed by atoms with Gasteiger partial charge in [-0.3, -0.25) is 0 Å². The van der Waals surface area contributed by atoms with E-state index in [1.54, 1.807) is 0 Å². The van der Waals surface area contributed by atoms with Gasteiger partial charge in [-0.15, -0.1) is 0 Å². The Morgan fingerprint density at radius 1 is 1.10 bits per heavy atom. The van der Waals surface area contributed by atoms with E-state index in [0.717, 1.165) is 30.5 Å². The van der Waals surface area contributed by atoms with Gasteiger partial charge in [0.05, 0.1) is 6.61 Å². The lowest BCUT2D eigenvalue weighted by Gasteiger charge is -2.34. The lowest BCUT2D eigenvalue weighted by Crippen LogP contribution is -2.30. The van der Waals surface area contributed by atoms with Crippen LogP contribution in [0.2, 0.25) is 0 Å². The van der Waals surface area contributed by atoms with Crippen LogP contribution in [0, 0.1) is 0 Å². The molecule has 3 rings (SSSR count). The summed E-state index contributed by atoms with van der Waals surface area (Å²) in [7, 11) is 0. The predicted molar refractivity (Wildman–Crippen MR) is 91.5 cm³/mol. The molecule has 0 aromatic heterocycles. The standard InChI is InChI=1S/C19H21BrO/c1-2-19(14-20,16-8-4-3-5-9-16)12-15-13-21-18-11-7-6-10-17(15)18/h3-11,15H,2,12-14H2,1H3. The monoisotopic (exact) mass is 344 g/mol. The van der Waals surface area contributed by atoms with Crippen LogP contribution in [0.25, 0.3) is 0 Å². The number of rotatable bonds is 5. The normalized spacial score (nSPS) is 19.6. The summed E-state index contributed by atoms with van der Waals surface area (Å²) in [6, 6.07) is 19.3. The molecule has 0 spiro atoms. The molecule has 2 unspecified atom stereocenters. The van der Waals surface area contributed by atoms with Gasteiger partial charge in [0, 0.05) is 22.2 Å². The van der Waals surface area contributed by atoms with Crippen LogP contribution < -0.4 is 4.74 Å². The summed E-state index contributed by atoms with van der Waals surface area (Å²) >= 11 is 3.78. The lowest BCUT2D eigenvalue weighted by atomic mass is 9.72. The molecule has 1 aliphatic rings. The molecule has 1 aliphatic heterocycles. The zero-order valence-electron chi connectivity index (χ0n) is 12.4. The van der Waals surface area contributed by atoms with Crippen molar-refractivity contribution in [1.29, 1.82) is 0 Å². The maximum atomic E-state index is 5.87. The first-order chi connectivity index (χ1) is 10.3. The Morgan fingerprint density at radius 3 is 2.52 bits per heavy atom. The highest BCUT2D eigenvalue weighted by molar-refractivity contribution is 9.09. The van der Waals surface area contributed by atoms with Crippen LogP contribution in [-0.2, 0) is 5.41 Å². The Labute approximate surface area is 135 Å². The molecule has 2 atom stereocenters. The van der Waals surface area contributed by atoms with Gasteiger partial charge in [-0.2, -0.15) is 0 Å². The van der Waals surface area contributed by atoms with Crippen molar-refractivity contribution in [2.45, 2.75) is 31.1 Å². The molecular formula is C19H21BrO. The van der Waals surface area contributed by atoms with E-state index in [9.17, 15) is 0 Å². The van der Waals surface area contributed by atoms with Gasteiger partial charge in [0.15, 0.2) is 0 Å². The molecule has 1 heterocycles. The van der Waals surface area contributed by atoms with Gasteiger partial charge in [0.25, 0.3) is 0 Å². The molecule has 0 N–H and O–H groups in total. The molecule has 0 bridgehead atoms. The first kappa shape index (κ1) is 14.6. The number of hydrogen-bond acceptors (Lipinski definition) is 1. The Hall–Kier alpha value is -1.28. The van der Waals surface area contributed by atoms with E-state index in [2.05, 4.69) is 77.5 Å². The number of ether oxygens (including phenoxy) is 1. The number of para-hydroxylation sites is 1. The highest BCUT2D eigenvalue weighted by Crippen LogP contribution is 2.44. The minimum atomic E-state index is 0.173. The topological polar surface area (TPSA) is 9.23 Å². The average molecular weight is 345 g/mol. The van der Waals surface area contributed by atoms with Gasteiger partial charge in [-0.1, -0.05) is 71.4 Å². The van der Waals surface area contributed by atoms with Gasteiger partial charge in [0.1, 0.15) is 5.75 Å². The fourth-order valence-electron chi connectivity index (χ4n) is 3.35. The maximum Gasteiger partial charge on any atom is 0.122 e. The first-order valence-corrected chi connectivity index (χ1v) is 8.74. The Balaban J connectivity index is 1.91. The van der Waals surface area contributed by atoms with E-state index in [4.69, 9.17) is 4.74 Å². The van der Waals surface area contributed by atoms with Crippen LogP contribution in [0.5, 0.6) is 5.75 Å². The van der Waals surface area contributed by atoms with E-state index >= 15 is 0 Å². The smallest absolute Gasteiger partial charge is 0.122 e. The minimum Gasteiger partial charge on any atom is -0.493 e. The summed E-state index contributed by atoms with van der Waals surface area (Å²) in [5.41, 5.74) is 2.97. The van der Waals surface area contributed by atoms with Gasteiger partial charge < -0.3 is 4.74 Å². The number of fused-ring (bicyclic) bond motifs is 1. The fraction of sp³-hybridized carbons (Fsp3) is 0.368. The molecule has 1 nitrogen and oxygen atoms in total. The van der Waals surface area contributed by atoms with Gasteiger partial charge in [-0.25, -0.2) is 0 Å². The fourth-order valence-corrected chi connectivity index (χ4v) is 4.30. The van der Waals surface area contributed by atoms with E-state index in [1.165, 1.54) is 11.1 Å². The third-order valence-electron chi connectivity index (χ3n) is 4.75. The molecular weight excluding hydrogens is 324 g/mol. The molecule has 2 aromatic rings. The SMILES string of the molecule is CCC(CBr)(CC1COc2ccccc21)c1ccccc1. The van der Waals surface area contributed by atoms with Crippen molar-refractivity contribution in [2.75, 3.05) is 11.9 Å². The first-order valence-electron chi connectivity index (χ1n) is 7.62. The van der Waals surface area contributed by atoms with Gasteiger partial charge in [-0.05, 0) is 24.5 Å². The van der Waals surface area contributed by atoms with E-state index in [0.29, 0.717) is 5.92 Å². The van der Waals surface area contributed by atoms with Crippen molar-refractivity contribution in [1.82, 2.24) is 0 Å². The van der Waals surface area contributed by atoms with Crippen molar-refractivity contribution < 1.29 is 4.74 Å². The third kappa shape index (κ3) is 2.74. The molecule has 0 saturated heterocycles. The van der Waals surface area contributed by atoms with Crippen molar-refractivity contribution in [2.24, 2.45) is 0 Å². The van der Waals surface area contributed by atoms with Gasteiger partial charge >= 0.3 is 0 Å². The van der Waals surface area contributed by atoms with Crippen LogP contribution in [0.4, 0.5) is 0 Å². The Kier molecular flexibility index (Phi) is 4.34. The van der Waals surface area contributed by atoms with Gasteiger partial charge in [0.2, 0.25) is 0 Å². The van der Waals surface area contributed by atoms with Crippen LogP contribution >= 0.6 is 15.9 Å². The molecule has 2 aromatic carbocycles. The highest BCUT2D eigenvalue weighted by Gasteiger charge is 2.35. The minimum absolute atomic E-state index is 0.173. The Bertz CT molecular complexity index is 590. The largest absolute Gasteiger partial charge is 0.493 e. The van der Waals surface area contributed by atoms with Crippen molar-refractivity contribution in [3.05, 3.63) is 65.7 Å². The van der Waals surface area contributed by atoms with Crippen LogP contribution in [-0.4, -0.2) is 11.9 Å². The van der Waals surface area contributed by atoms with E-state index in [1.807, 2.05) is 0 Å². The summed E-state index contributed by atoms with van der Waals surface area (Å²) in [5.74, 6) is 1.55. The number of benzene rings is 2. The second kappa shape index (κ2) is 6.23. The number of alkyl halides is 1. The summed E-state index contributed by atoms with van der Waals surface area (Å²) in [6.07, 6.45) is 2.25. The molecule has 21 heavy (non-hydrogen) atoms. The van der Waals surface area contributed by atoms with Crippen molar-refractivity contribution >= 4 is 15.9 Å². The summed E-state index contributed by atoms with van der Waals surface area (Å²) < 4.78 is 5.87. The van der Waals surface area contributed by atoms with E-state index < -0.39 is 0 Å². The van der Waals surface area contributed by atoms with Crippen molar-refractivity contribution in [3.8, 4) is 5.75 Å². The predicted octanol–water partition coefficient (Wildman–Crippen LogP) is 5.30. The van der Waals surface area contributed by atoms with Crippen molar-refractivity contribution in [3.63, 3.8) is 0 Å². The zero-order valence-corrected chi connectivity index (χ0v) is 14.0. The lowest BCUT2D eigenvalue weighted by molar-refractivity contribution is 0.294. The Morgan fingerprint density at radius 2 is 1.81 bits per heavy atom. The van der Waals surface area contributed by atoms with E-state index in [-0.39, 0.29) is 5.41 Å². The third-order valence-corrected chi connectivity index (χ3v) is 5.83. The highest BCUT2D eigenvalue weighted by atomic mass is 79.9. The number of halogens is 1. The van der Waals surface area contributed by atoms with Crippen LogP contribution in [0.15, 0.2) is 54.6 Å². The molecule has 0 amide bonds.